The van der Waals surface area contributed by atoms with Gasteiger partial charge >= 0.3 is 6.09 Å². The van der Waals surface area contributed by atoms with E-state index in [1.807, 2.05) is 18.2 Å². The van der Waals surface area contributed by atoms with Crippen molar-refractivity contribution < 1.29 is 42.4 Å². The first kappa shape index (κ1) is 33.2. The lowest BCUT2D eigenvalue weighted by Gasteiger charge is -2.47. The van der Waals surface area contributed by atoms with E-state index in [-0.39, 0.29) is 50.2 Å². The molecule has 2 aliphatic rings. The Hall–Kier alpha value is -3.72. The van der Waals surface area contributed by atoms with E-state index in [0.29, 0.717) is 25.6 Å². The summed E-state index contributed by atoms with van der Waals surface area (Å²) in [5.74, 6) is -0.476. The minimum absolute atomic E-state index is 0.0256. The molecule has 1 aliphatic carbocycles. The van der Waals surface area contributed by atoms with E-state index in [0.717, 1.165) is 53.8 Å². The highest BCUT2D eigenvalue weighted by molar-refractivity contribution is 5.82. The molecular formula is C33H40F2N2O7. The van der Waals surface area contributed by atoms with Crippen molar-refractivity contribution in [1.82, 2.24) is 9.80 Å². The van der Waals surface area contributed by atoms with Crippen LogP contribution >= 0.6 is 0 Å². The summed E-state index contributed by atoms with van der Waals surface area (Å²) in [5, 5.41) is 9.86. The summed E-state index contributed by atoms with van der Waals surface area (Å²) in [5.41, 5.74) is 0.646. The second-order valence-corrected chi connectivity index (χ2v) is 11.2. The summed E-state index contributed by atoms with van der Waals surface area (Å²) in [6.07, 6.45) is 7.51. The SMILES string of the molecule is C#CCO[C@]1(c2ccc(F)c(F)c2)CCN(C(=O)O)C[C@@H]1C(=O)N(Cc1cc(CCCOC)cc(OCCOC)c1)C1CC1. The van der Waals surface area contributed by atoms with Crippen LogP contribution in [0.15, 0.2) is 36.4 Å². The zero-order valence-corrected chi connectivity index (χ0v) is 25.2. The number of ether oxygens (including phenoxy) is 4. The highest BCUT2D eigenvalue weighted by atomic mass is 19.2. The van der Waals surface area contributed by atoms with Crippen molar-refractivity contribution in [2.45, 2.75) is 50.3 Å². The van der Waals surface area contributed by atoms with Crippen LogP contribution in [-0.2, 0) is 37.6 Å². The zero-order valence-electron chi connectivity index (χ0n) is 25.2. The van der Waals surface area contributed by atoms with Crippen LogP contribution in [0.5, 0.6) is 5.75 Å². The molecule has 1 heterocycles. The number of methoxy groups -OCH3 is 2. The van der Waals surface area contributed by atoms with Crippen molar-refractivity contribution in [3.8, 4) is 18.1 Å². The molecule has 2 aromatic rings. The maximum absolute atomic E-state index is 14.6. The molecule has 2 fully saturated rings. The molecule has 9 nitrogen and oxygen atoms in total. The maximum Gasteiger partial charge on any atom is 0.407 e. The Morgan fingerprint density at radius 2 is 1.82 bits per heavy atom. The van der Waals surface area contributed by atoms with Gasteiger partial charge in [-0.3, -0.25) is 4.79 Å². The van der Waals surface area contributed by atoms with Gasteiger partial charge < -0.3 is 33.9 Å². The Labute approximate surface area is 257 Å². The first-order valence-electron chi connectivity index (χ1n) is 14.8. The Morgan fingerprint density at radius 1 is 1.07 bits per heavy atom. The lowest BCUT2D eigenvalue weighted by atomic mass is 9.74. The molecule has 238 valence electrons. The molecule has 4 rings (SSSR count). The number of carboxylic acid groups (broad SMARTS) is 1. The van der Waals surface area contributed by atoms with E-state index < -0.39 is 29.2 Å². The van der Waals surface area contributed by atoms with Gasteiger partial charge in [-0.15, -0.1) is 6.42 Å². The summed E-state index contributed by atoms with van der Waals surface area (Å²) in [7, 11) is 3.25. The van der Waals surface area contributed by atoms with Crippen molar-refractivity contribution in [1.29, 1.82) is 0 Å². The summed E-state index contributed by atoms with van der Waals surface area (Å²) in [4.78, 5) is 29.6. The van der Waals surface area contributed by atoms with E-state index in [1.165, 1.54) is 6.07 Å². The first-order chi connectivity index (χ1) is 21.2. The molecule has 0 unspecified atom stereocenters. The van der Waals surface area contributed by atoms with Crippen LogP contribution in [0.3, 0.4) is 0 Å². The van der Waals surface area contributed by atoms with Gasteiger partial charge in [-0.25, -0.2) is 13.6 Å². The molecule has 0 spiro atoms. The lowest BCUT2D eigenvalue weighted by molar-refractivity contribution is -0.162. The molecule has 11 heteroatoms. The number of carbonyl (C=O) groups is 2. The van der Waals surface area contributed by atoms with Crippen molar-refractivity contribution in [3.05, 3.63) is 64.7 Å². The van der Waals surface area contributed by atoms with Gasteiger partial charge in [0.15, 0.2) is 11.6 Å². The summed E-state index contributed by atoms with van der Waals surface area (Å²) in [6.45, 7) is 1.25. The van der Waals surface area contributed by atoms with Crippen LogP contribution in [-0.4, -0.2) is 86.7 Å². The van der Waals surface area contributed by atoms with Crippen molar-refractivity contribution in [3.63, 3.8) is 0 Å². The van der Waals surface area contributed by atoms with E-state index in [2.05, 4.69) is 5.92 Å². The highest BCUT2D eigenvalue weighted by Crippen LogP contribution is 2.44. The topological polar surface area (TPSA) is 97.8 Å². The number of carbonyl (C=O) groups excluding carboxylic acids is 1. The van der Waals surface area contributed by atoms with Gasteiger partial charge in [0.2, 0.25) is 5.91 Å². The molecule has 0 aromatic heterocycles. The molecule has 2 amide bonds. The fourth-order valence-electron chi connectivity index (χ4n) is 5.80. The van der Waals surface area contributed by atoms with E-state index in [9.17, 15) is 23.5 Å². The molecule has 0 bridgehead atoms. The highest BCUT2D eigenvalue weighted by Gasteiger charge is 2.52. The second kappa shape index (κ2) is 15.3. The number of halogens is 2. The maximum atomic E-state index is 14.6. The molecule has 2 aromatic carbocycles. The third-order valence-corrected chi connectivity index (χ3v) is 8.13. The number of hydrogen-bond acceptors (Lipinski definition) is 6. The minimum Gasteiger partial charge on any atom is -0.491 e. The van der Waals surface area contributed by atoms with Crippen LogP contribution in [0, 0.1) is 29.9 Å². The number of rotatable bonds is 15. The minimum atomic E-state index is -1.46. The summed E-state index contributed by atoms with van der Waals surface area (Å²) >= 11 is 0. The molecule has 1 N–H and O–H groups in total. The largest absolute Gasteiger partial charge is 0.491 e. The van der Waals surface area contributed by atoms with Gasteiger partial charge in [0.25, 0.3) is 0 Å². The Morgan fingerprint density at radius 3 is 2.48 bits per heavy atom. The predicted octanol–water partition coefficient (Wildman–Crippen LogP) is 4.61. The fraction of sp³-hybridized carbons (Fsp3) is 0.515. The van der Waals surface area contributed by atoms with E-state index >= 15 is 0 Å². The number of terminal acetylenes is 1. The number of piperidine rings is 1. The van der Waals surface area contributed by atoms with Crippen LogP contribution in [0.25, 0.3) is 0 Å². The quantitative estimate of drug-likeness (QED) is 0.231. The standard InChI is InChI=1S/C33H40F2N2O7/c1-4-13-44-33(25-7-10-29(34)30(35)20-25)11-12-36(32(39)40)22-28(33)31(38)37(26-8-9-26)21-24-17-23(6-5-14-41-2)18-27(19-24)43-16-15-42-3/h1,7,10,17-20,26,28H,5-6,8-9,11-16,21-22H2,2-3H3,(H,39,40)/t28-,33+/m1/s1. The van der Waals surface area contributed by atoms with Gasteiger partial charge in [-0.05, 0) is 73.1 Å². The van der Waals surface area contributed by atoms with E-state index in [1.54, 1.807) is 19.1 Å². The van der Waals surface area contributed by atoms with Crippen LogP contribution in [0.1, 0.15) is 42.4 Å². The fourth-order valence-corrected chi connectivity index (χ4v) is 5.80. The van der Waals surface area contributed by atoms with Gasteiger partial charge in [0.05, 0.1) is 12.5 Å². The van der Waals surface area contributed by atoms with Crippen molar-refractivity contribution in [2.24, 2.45) is 5.92 Å². The van der Waals surface area contributed by atoms with Crippen LogP contribution in [0.4, 0.5) is 13.6 Å². The van der Waals surface area contributed by atoms with Gasteiger partial charge in [0, 0.05) is 46.5 Å². The number of nitrogens with zero attached hydrogens (tertiary/aromatic N) is 2. The molecular weight excluding hydrogens is 574 g/mol. The Kier molecular flexibility index (Phi) is 11.6. The third kappa shape index (κ3) is 8.05. The number of amides is 2. The average molecular weight is 615 g/mol. The Bertz CT molecular complexity index is 1320. The average Bonchev–Trinajstić information content (AvgIpc) is 3.85. The smallest absolute Gasteiger partial charge is 0.407 e. The van der Waals surface area contributed by atoms with Crippen LogP contribution < -0.4 is 4.74 Å². The van der Waals surface area contributed by atoms with Gasteiger partial charge in [-0.1, -0.05) is 18.1 Å². The molecule has 2 atom stereocenters. The second-order valence-electron chi connectivity index (χ2n) is 11.2. The number of likely N-dealkylation sites (tertiary alicyclic amines) is 1. The van der Waals surface area contributed by atoms with Gasteiger partial charge in [0.1, 0.15) is 24.6 Å². The molecule has 44 heavy (non-hydrogen) atoms. The lowest BCUT2D eigenvalue weighted by Crippen LogP contribution is -2.58. The molecule has 1 aliphatic heterocycles. The number of aryl methyl sites for hydroxylation is 1. The predicted molar refractivity (Wildman–Crippen MR) is 158 cm³/mol. The summed E-state index contributed by atoms with van der Waals surface area (Å²) in [6, 6.07) is 9.19. The summed E-state index contributed by atoms with van der Waals surface area (Å²) < 4.78 is 51.0. The third-order valence-electron chi connectivity index (χ3n) is 8.13. The Balaban J connectivity index is 1.71. The molecule has 1 saturated heterocycles. The van der Waals surface area contributed by atoms with Gasteiger partial charge in [-0.2, -0.15) is 0 Å². The molecule has 0 radical (unpaired) electrons. The van der Waals surface area contributed by atoms with Crippen LogP contribution in [0.2, 0.25) is 0 Å². The number of benzene rings is 2. The molecule has 1 saturated carbocycles. The normalized spacial score (nSPS) is 19.8. The number of hydrogen-bond donors (Lipinski definition) is 1. The first-order valence-corrected chi connectivity index (χ1v) is 14.8. The zero-order chi connectivity index (χ0) is 31.7. The van der Waals surface area contributed by atoms with E-state index in [4.69, 9.17) is 25.4 Å². The van der Waals surface area contributed by atoms with Crippen molar-refractivity contribution in [2.75, 3.05) is 53.7 Å². The van der Waals surface area contributed by atoms with Crippen molar-refractivity contribution >= 4 is 12.0 Å². The monoisotopic (exact) mass is 614 g/mol.